The van der Waals surface area contributed by atoms with E-state index in [1.165, 1.54) is 0 Å². The quantitative estimate of drug-likeness (QED) is 0.599. The van der Waals surface area contributed by atoms with Crippen molar-refractivity contribution in [2.75, 3.05) is 0 Å². The third-order valence-electron chi connectivity index (χ3n) is 1.47. The van der Waals surface area contributed by atoms with Crippen LogP contribution in [0.2, 0.25) is 0 Å². The number of allylic oxidation sites excluding steroid dienone is 5. The SMILES string of the molecule is C=CC1=C(C=C)C(=C)C=CS1. The average Bonchev–Trinajstić information content (AvgIpc) is 2.04. The molecular formula is C10H10S. The van der Waals surface area contributed by atoms with Crippen LogP contribution in [0.1, 0.15) is 0 Å². The first-order valence-corrected chi connectivity index (χ1v) is 4.19. The lowest BCUT2D eigenvalue weighted by atomic mass is 10.1. The van der Waals surface area contributed by atoms with Crippen LogP contribution in [0.4, 0.5) is 0 Å². The summed E-state index contributed by atoms with van der Waals surface area (Å²) in [7, 11) is 0. The highest BCUT2D eigenvalue weighted by Crippen LogP contribution is 2.31. The Morgan fingerprint density at radius 1 is 1.27 bits per heavy atom. The third kappa shape index (κ3) is 1.55. The maximum atomic E-state index is 3.89. The van der Waals surface area contributed by atoms with Gasteiger partial charge >= 0.3 is 0 Å². The fraction of sp³-hybridized carbons (Fsp3) is 0. The Morgan fingerprint density at radius 2 is 2.00 bits per heavy atom. The maximum Gasteiger partial charge on any atom is 0.0188 e. The summed E-state index contributed by atoms with van der Waals surface area (Å²) in [4.78, 5) is 1.13. The van der Waals surface area contributed by atoms with Gasteiger partial charge in [0.15, 0.2) is 0 Å². The second-order valence-electron chi connectivity index (χ2n) is 2.13. The molecule has 0 spiro atoms. The van der Waals surface area contributed by atoms with Crippen LogP contribution < -0.4 is 0 Å². The van der Waals surface area contributed by atoms with Crippen molar-refractivity contribution < 1.29 is 0 Å². The van der Waals surface area contributed by atoms with Crippen LogP contribution >= 0.6 is 11.8 Å². The normalized spacial score (nSPS) is 16.9. The summed E-state index contributed by atoms with van der Waals surface area (Å²) in [6.45, 7) is 11.3. The summed E-state index contributed by atoms with van der Waals surface area (Å²) >= 11 is 1.65. The molecule has 0 unspecified atom stereocenters. The molecule has 0 amide bonds. The minimum Gasteiger partial charge on any atom is -0.0984 e. The lowest BCUT2D eigenvalue weighted by molar-refractivity contribution is 1.56. The van der Waals surface area contributed by atoms with E-state index in [0.717, 1.165) is 16.1 Å². The summed E-state index contributed by atoms with van der Waals surface area (Å²) in [5.74, 6) is 0. The molecule has 0 N–H and O–H groups in total. The molecule has 0 aromatic carbocycles. The maximum absolute atomic E-state index is 3.89. The van der Waals surface area contributed by atoms with E-state index in [0.29, 0.717) is 0 Å². The summed E-state index contributed by atoms with van der Waals surface area (Å²) in [6, 6.07) is 0. The average molecular weight is 162 g/mol. The van der Waals surface area contributed by atoms with E-state index in [4.69, 9.17) is 0 Å². The van der Waals surface area contributed by atoms with E-state index in [1.54, 1.807) is 11.8 Å². The fourth-order valence-corrected chi connectivity index (χ4v) is 1.71. The topological polar surface area (TPSA) is 0 Å². The molecule has 0 nitrogen and oxygen atoms in total. The Morgan fingerprint density at radius 3 is 2.45 bits per heavy atom. The first-order chi connectivity index (χ1) is 5.29. The van der Waals surface area contributed by atoms with Crippen molar-refractivity contribution in [3.63, 3.8) is 0 Å². The summed E-state index contributed by atoms with van der Waals surface area (Å²) in [5.41, 5.74) is 2.10. The van der Waals surface area contributed by atoms with Crippen LogP contribution in [0.5, 0.6) is 0 Å². The van der Waals surface area contributed by atoms with E-state index >= 15 is 0 Å². The molecule has 0 radical (unpaired) electrons. The highest BCUT2D eigenvalue weighted by atomic mass is 32.2. The van der Waals surface area contributed by atoms with Gasteiger partial charge in [-0.3, -0.25) is 0 Å². The fourth-order valence-electron chi connectivity index (χ4n) is 0.891. The monoisotopic (exact) mass is 162 g/mol. The first kappa shape index (κ1) is 8.15. The van der Waals surface area contributed by atoms with Gasteiger partial charge in [-0.15, -0.1) is 0 Å². The predicted molar refractivity (Wildman–Crippen MR) is 53.3 cm³/mol. The molecule has 1 heterocycles. The van der Waals surface area contributed by atoms with Gasteiger partial charge in [-0.2, -0.15) is 0 Å². The van der Waals surface area contributed by atoms with Crippen molar-refractivity contribution in [3.8, 4) is 0 Å². The highest BCUT2D eigenvalue weighted by molar-refractivity contribution is 8.06. The second-order valence-corrected chi connectivity index (χ2v) is 3.08. The van der Waals surface area contributed by atoms with Crippen LogP contribution in [0.15, 0.2) is 59.4 Å². The van der Waals surface area contributed by atoms with E-state index in [1.807, 2.05) is 23.6 Å². The Labute approximate surface area is 71.7 Å². The van der Waals surface area contributed by atoms with Crippen molar-refractivity contribution in [2.24, 2.45) is 0 Å². The van der Waals surface area contributed by atoms with E-state index in [2.05, 4.69) is 19.7 Å². The molecule has 0 saturated heterocycles. The van der Waals surface area contributed by atoms with Gasteiger partial charge in [0.05, 0.1) is 0 Å². The Balaban J connectivity index is 3.08. The van der Waals surface area contributed by atoms with E-state index < -0.39 is 0 Å². The zero-order valence-corrected chi connectivity index (χ0v) is 7.16. The van der Waals surface area contributed by atoms with Gasteiger partial charge in [0.25, 0.3) is 0 Å². The molecule has 0 aromatic rings. The standard InChI is InChI=1S/C10H10S/c1-4-9-8(3)6-7-11-10(9)5-2/h4-7H,1-3H2. The summed E-state index contributed by atoms with van der Waals surface area (Å²) in [5, 5.41) is 2.01. The van der Waals surface area contributed by atoms with Crippen molar-refractivity contribution in [1.82, 2.24) is 0 Å². The predicted octanol–water partition coefficient (Wildman–Crippen LogP) is 3.43. The van der Waals surface area contributed by atoms with Gasteiger partial charge in [0.2, 0.25) is 0 Å². The second kappa shape index (κ2) is 3.44. The van der Waals surface area contributed by atoms with Crippen molar-refractivity contribution in [1.29, 1.82) is 0 Å². The van der Waals surface area contributed by atoms with E-state index in [9.17, 15) is 0 Å². The van der Waals surface area contributed by atoms with Crippen LogP contribution in [0.3, 0.4) is 0 Å². The van der Waals surface area contributed by atoms with Crippen LogP contribution in [-0.2, 0) is 0 Å². The van der Waals surface area contributed by atoms with Gasteiger partial charge in [0.1, 0.15) is 0 Å². The molecule has 0 atom stereocenters. The van der Waals surface area contributed by atoms with Crippen molar-refractivity contribution >= 4 is 11.8 Å². The minimum atomic E-state index is 1.01. The molecule has 1 rings (SSSR count). The molecule has 1 aliphatic heterocycles. The van der Waals surface area contributed by atoms with Gasteiger partial charge in [0, 0.05) is 4.91 Å². The molecule has 0 aromatic heterocycles. The summed E-state index contributed by atoms with van der Waals surface area (Å²) < 4.78 is 0. The van der Waals surface area contributed by atoms with E-state index in [-0.39, 0.29) is 0 Å². The van der Waals surface area contributed by atoms with Crippen LogP contribution in [0.25, 0.3) is 0 Å². The zero-order chi connectivity index (χ0) is 8.27. The molecule has 11 heavy (non-hydrogen) atoms. The van der Waals surface area contributed by atoms with Gasteiger partial charge in [-0.1, -0.05) is 43.7 Å². The van der Waals surface area contributed by atoms with Crippen molar-refractivity contribution in [2.45, 2.75) is 0 Å². The minimum absolute atomic E-state index is 1.01. The number of thioether (sulfide) groups is 1. The van der Waals surface area contributed by atoms with Crippen LogP contribution in [0, 0.1) is 0 Å². The first-order valence-electron chi connectivity index (χ1n) is 3.31. The van der Waals surface area contributed by atoms with Gasteiger partial charge < -0.3 is 0 Å². The lowest BCUT2D eigenvalue weighted by Gasteiger charge is -2.10. The molecule has 0 bridgehead atoms. The molecule has 1 aliphatic rings. The van der Waals surface area contributed by atoms with Gasteiger partial charge in [-0.05, 0) is 22.6 Å². The van der Waals surface area contributed by atoms with Gasteiger partial charge in [-0.25, -0.2) is 0 Å². The molecule has 0 fully saturated rings. The summed E-state index contributed by atoms with van der Waals surface area (Å²) in [6.07, 6.45) is 5.63. The van der Waals surface area contributed by atoms with Crippen molar-refractivity contribution in [3.05, 3.63) is 59.4 Å². The molecule has 56 valence electrons. The zero-order valence-electron chi connectivity index (χ0n) is 6.34. The Bertz CT molecular complexity index is 267. The Kier molecular flexibility index (Phi) is 2.55. The third-order valence-corrected chi connectivity index (χ3v) is 2.38. The molecule has 1 heteroatoms. The smallest absolute Gasteiger partial charge is 0.0188 e. The number of hydrogen-bond donors (Lipinski definition) is 0. The molecule has 0 saturated carbocycles. The highest BCUT2D eigenvalue weighted by Gasteiger charge is 2.05. The van der Waals surface area contributed by atoms with Crippen LogP contribution in [-0.4, -0.2) is 0 Å². The molecular weight excluding hydrogens is 152 g/mol. The largest absolute Gasteiger partial charge is 0.0984 e. The Hall–Kier alpha value is -0.950. The lowest BCUT2D eigenvalue weighted by Crippen LogP contribution is -1.88. The number of hydrogen-bond acceptors (Lipinski definition) is 1. The number of rotatable bonds is 2. The molecule has 0 aliphatic carbocycles.